The van der Waals surface area contributed by atoms with Crippen molar-refractivity contribution in [1.29, 1.82) is 0 Å². The molecular weight excluding hydrogens is 1500 g/mol. The summed E-state index contributed by atoms with van der Waals surface area (Å²) in [6.45, 7) is 5.53. The summed E-state index contributed by atoms with van der Waals surface area (Å²) in [6, 6.07) is 58.2. The maximum Gasteiger partial charge on any atom is 0.289 e. The second-order valence-electron chi connectivity index (χ2n) is 27.3. The van der Waals surface area contributed by atoms with Gasteiger partial charge in [-0.15, -0.1) is 11.3 Å². The smallest absolute Gasteiger partial charge is 0.289 e. The monoisotopic (exact) mass is 1580 g/mol. The maximum atomic E-state index is 12.8. The molecule has 2 fully saturated rings. The summed E-state index contributed by atoms with van der Waals surface area (Å²) in [7, 11) is 10.6. The minimum Gasteiger partial charge on any atom is -0.497 e. The molecule has 31 heteroatoms. The number of rotatable bonds is 17. The number of furan rings is 2. The largest absolute Gasteiger partial charge is 0.497 e. The summed E-state index contributed by atoms with van der Waals surface area (Å²) in [6.07, 6.45) is 13.6. The fraction of sp³-hybridized carbons (Fsp3) is 0.163. The van der Waals surface area contributed by atoms with Crippen LogP contribution in [-0.2, 0) is 4.74 Å². The highest BCUT2D eigenvalue weighted by molar-refractivity contribution is 7.20. The second kappa shape index (κ2) is 35.9. The van der Waals surface area contributed by atoms with E-state index in [-0.39, 0.29) is 23.6 Å². The molecule has 4 aromatic carbocycles. The highest BCUT2D eigenvalue weighted by atomic mass is 32.1. The summed E-state index contributed by atoms with van der Waals surface area (Å²) < 4.78 is 23.1. The van der Waals surface area contributed by atoms with E-state index in [1.807, 2.05) is 169 Å². The van der Waals surface area contributed by atoms with Crippen molar-refractivity contribution in [3.8, 4) is 51.3 Å². The maximum absolute atomic E-state index is 12.8. The lowest BCUT2D eigenvalue weighted by molar-refractivity contribution is 0.0299. The highest BCUT2D eigenvalue weighted by Gasteiger charge is 2.25. The number of morpholine rings is 1. The van der Waals surface area contributed by atoms with Gasteiger partial charge in [0.05, 0.1) is 70.8 Å². The van der Waals surface area contributed by atoms with Crippen molar-refractivity contribution < 1.29 is 37.5 Å². The molecule has 0 unspecified atom stereocenters. The van der Waals surface area contributed by atoms with Crippen LogP contribution in [0.4, 0.5) is 46.5 Å². The number of nitrogens with one attached hydrogen (secondary N) is 5. The minimum atomic E-state index is -0.174. The molecule has 2 saturated heterocycles. The number of carbonyl (C=O) groups is 4. The highest BCUT2D eigenvalue weighted by Crippen LogP contribution is 2.33. The number of methoxy groups -OCH3 is 1. The molecule has 14 heterocycles. The third-order valence-electron chi connectivity index (χ3n) is 18.6. The number of aromatic nitrogens is 13. The lowest BCUT2D eigenvalue weighted by atomic mass is 10.2. The number of amides is 4. The SMILES string of the molecule is CN(C)C(=O)c1cc2cc(Nc3nccc(-c4ccccn4)n3)ccc2o1.CN(C)C(=O)c1cc2cc(Nc3nccc(-c4ccccn4)n3)ccc2s1.CN1CCN(C(=O)c2cc3cc(Nc4nccc(-c5ccccn5)n4)ccc3o2)CC1.COc1ccnc(-c2ccnc(Nc3ccc4[nH]c(C(=O)N5CCOCC5)cc4c3)n2)c1. The number of pyridine rings is 4. The zero-order valence-corrected chi connectivity index (χ0v) is 65.3. The topological polar surface area (TPSA) is 348 Å². The number of hydrogen-bond acceptors (Lipinski definition) is 26. The van der Waals surface area contributed by atoms with Crippen LogP contribution in [0.2, 0.25) is 0 Å². The van der Waals surface area contributed by atoms with Crippen LogP contribution in [0.3, 0.4) is 0 Å². The Balaban J connectivity index is 0.000000123. The van der Waals surface area contributed by atoms with E-state index >= 15 is 0 Å². The number of likely N-dealkylation sites (N-methyl/N-ethyl adjacent to an activating group) is 1. The molecule has 0 saturated carbocycles. The Hall–Kier alpha value is -14.8. The lowest BCUT2D eigenvalue weighted by Gasteiger charge is -2.31. The number of nitrogens with zero attached hydrogens (tertiary/aromatic N) is 17. The van der Waals surface area contributed by atoms with Crippen LogP contribution < -0.4 is 26.0 Å². The molecule has 0 spiro atoms. The van der Waals surface area contributed by atoms with Gasteiger partial charge in [0.25, 0.3) is 23.6 Å². The molecule has 2 aliphatic rings. The summed E-state index contributed by atoms with van der Waals surface area (Å²) in [4.78, 5) is 115. The van der Waals surface area contributed by atoms with E-state index in [9.17, 15) is 19.2 Å². The number of piperazine rings is 1. The van der Waals surface area contributed by atoms with Gasteiger partial charge in [-0.3, -0.25) is 39.1 Å². The number of ether oxygens (including phenoxy) is 2. The van der Waals surface area contributed by atoms with E-state index in [0.29, 0.717) is 109 Å². The van der Waals surface area contributed by atoms with Gasteiger partial charge in [0.15, 0.2) is 11.5 Å². The molecule has 2 aliphatic heterocycles. The third kappa shape index (κ3) is 19.3. The first-order chi connectivity index (χ1) is 57.0. The van der Waals surface area contributed by atoms with Crippen LogP contribution in [0.15, 0.2) is 246 Å². The molecule has 12 aromatic heterocycles. The summed E-state index contributed by atoms with van der Waals surface area (Å²) in [5.41, 5.74) is 12.0. The fourth-order valence-electron chi connectivity index (χ4n) is 12.5. The van der Waals surface area contributed by atoms with Gasteiger partial charge in [-0.2, -0.15) is 0 Å². The Morgan fingerprint density at radius 1 is 0.410 bits per heavy atom. The number of anilines is 8. The Kier molecular flexibility index (Phi) is 23.8. The molecule has 117 heavy (non-hydrogen) atoms. The molecule has 0 radical (unpaired) electrons. The number of benzene rings is 4. The van der Waals surface area contributed by atoms with Crippen LogP contribution in [0.25, 0.3) is 88.5 Å². The van der Waals surface area contributed by atoms with E-state index in [1.54, 1.807) is 119 Å². The number of carbonyl (C=O) groups excluding carboxylic acids is 4. The normalized spacial score (nSPS) is 12.6. The number of hydrogen-bond donors (Lipinski definition) is 5. The van der Waals surface area contributed by atoms with Gasteiger partial charge >= 0.3 is 0 Å². The molecule has 16 aromatic rings. The van der Waals surface area contributed by atoms with Gasteiger partial charge < -0.3 is 69.1 Å². The van der Waals surface area contributed by atoms with E-state index in [4.69, 9.17) is 18.3 Å². The average Bonchev–Trinajstić information content (AvgIpc) is 1.68. The molecule has 586 valence electrons. The van der Waals surface area contributed by atoms with Crippen LogP contribution in [0, 0.1) is 0 Å². The Bertz CT molecular complexity index is 6010. The third-order valence-corrected chi connectivity index (χ3v) is 19.7. The van der Waals surface area contributed by atoms with Crippen molar-refractivity contribution >= 4 is 124 Å². The van der Waals surface area contributed by atoms with Crippen molar-refractivity contribution in [3.63, 3.8) is 0 Å². The Morgan fingerprint density at radius 3 is 1.35 bits per heavy atom. The first kappa shape index (κ1) is 77.5. The number of fused-ring (bicyclic) bond motifs is 4. The molecule has 0 aliphatic carbocycles. The Morgan fingerprint density at radius 2 is 0.855 bits per heavy atom. The number of thiophene rings is 1. The van der Waals surface area contributed by atoms with Gasteiger partial charge in [-0.1, -0.05) is 18.2 Å². The van der Waals surface area contributed by atoms with Crippen molar-refractivity contribution in [2.24, 2.45) is 0 Å². The van der Waals surface area contributed by atoms with E-state index in [1.165, 1.54) is 16.2 Å². The predicted octanol–water partition coefficient (Wildman–Crippen LogP) is 14.6. The van der Waals surface area contributed by atoms with Gasteiger partial charge in [-0.05, 0) is 176 Å². The van der Waals surface area contributed by atoms with E-state index < -0.39 is 0 Å². The van der Waals surface area contributed by atoms with Crippen LogP contribution >= 0.6 is 11.3 Å². The van der Waals surface area contributed by atoms with Gasteiger partial charge in [0, 0.05) is 172 Å². The van der Waals surface area contributed by atoms with E-state index in [0.717, 1.165) is 107 Å². The lowest BCUT2D eigenvalue weighted by Crippen LogP contribution is -2.47. The van der Waals surface area contributed by atoms with Crippen molar-refractivity contribution in [1.82, 2.24) is 89.3 Å². The van der Waals surface area contributed by atoms with Crippen LogP contribution in [-0.4, -0.2) is 208 Å². The minimum absolute atomic E-state index is 0.0112. The molecule has 5 N–H and O–H groups in total. The van der Waals surface area contributed by atoms with E-state index in [2.05, 4.69) is 98.0 Å². The Labute approximate surface area is 674 Å². The molecule has 0 bridgehead atoms. The molecular formula is C86H78N22O8S. The van der Waals surface area contributed by atoms with Crippen molar-refractivity contribution in [2.75, 3.05) is 116 Å². The number of aromatic amines is 1. The first-order valence-corrected chi connectivity index (χ1v) is 38.0. The quantitative estimate of drug-likeness (QED) is 0.0565. The number of H-pyrrole nitrogens is 1. The molecule has 30 nitrogen and oxygen atoms in total. The first-order valence-electron chi connectivity index (χ1n) is 37.2. The zero-order chi connectivity index (χ0) is 80.7. The second-order valence-corrected chi connectivity index (χ2v) is 28.3. The van der Waals surface area contributed by atoms with Gasteiger partial charge in [-0.25, -0.2) is 39.9 Å². The van der Waals surface area contributed by atoms with Gasteiger partial charge in [0.2, 0.25) is 23.8 Å². The van der Waals surface area contributed by atoms with Crippen molar-refractivity contribution in [3.05, 3.63) is 260 Å². The average molecular weight is 1580 g/mol. The predicted molar refractivity (Wildman–Crippen MR) is 449 cm³/mol. The molecule has 18 rings (SSSR count). The fourth-order valence-corrected chi connectivity index (χ4v) is 13.6. The summed E-state index contributed by atoms with van der Waals surface area (Å²) in [5, 5.41) is 16.5. The molecule has 0 atom stereocenters. The van der Waals surface area contributed by atoms with Crippen LogP contribution in [0.5, 0.6) is 5.75 Å². The zero-order valence-electron chi connectivity index (χ0n) is 64.5. The van der Waals surface area contributed by atoms with Crippen molar-refractivity contribution in [2.45, 2.75) is 0 Å². The standard InChI is InChI=1S/C23H22N6O3.C23H22N6O2.C20H17N5O2.C20H17N5OS/c1-31-17-4-6-24-20(14-17)19-5-7-25-23(28-19)26-16-2-3-18-15(12-16)13-21(27-18)22(30)29-8-10-32-11-9-29;1-28-10-12-29(13-11-28)22(30)21-15-16-14-17(5-6-20(16)31-21)26-23-25-9-7-19(27-23)18-4-2-3-8-24-18;2*1-25(2)19(26)18-12-13-11-14(6-7-17(13)27-18)23-20-22-10-8-16(24-20)15-5-3-4-9-21-15/h2-7,12-14,27H,8-11H2,1H3,(H,25,26,28);2-9,14-15H,10-13H2,1H3,(H,25,26,27);2*3-12H,1-2H3,(H,22,23,24). The van der Waals surface area contributed by atoms with Crippen LogP contribution in [0.1, 0.15) is 41.3 Å². The molecule has 4 amide bonds. The van der Waals surface area contributed by atoms with Gasteiger partial charge in [0.1, 0.15) is 22.6 Å². The summed E-state index contributed by atoms with van der Waals surface area (Å²) in [5.74, 6) is 3.03. The summed E-state index contributed by atoms with van der Waals surface area (Å²) >= 11 is 1.49.